The molecule has 2 atom stereocenters. The Morgan fingerprint density at radius 1 is 1.26 bits per heavy atom. The molecule has 2 N–H and O–H groups in total. The van der Waals surface area contributed by atoms with Crippen molar-refractivity contribution < 1.29 is 19.1 Å². The molecular weight excluding hydrogens is 296 g/mol. The van der Waals surface area contributed by atoms with Gasteiger partial charge in [0.25, 0.3) is 5.91 Å². The normalized spacial score (nSPS) is 20.4. The summed E-state index contributed by atoms with van der Waals surface area (Å²) in [6.45, 7) is 1.69. The molecule has 0 spiro atoms. The van der Waals surface area contributed by atoms with Gasteiger partial charge in [0.05, 0.1) is 5.92 Å². The van der Waals surface area contributed by atoms with E-state index in [1.165, 1.54) is 0 Å². The van der Waals surface area contributed by atoms with E-state index in [0.29, 0.717) is 30.9 Å². The molecule has 1 fully saturated rings. The van der Waals surface area contributed by atoms with Crippen LogP contribution in [0.4, 0.5) is 0 Å². The van der Waals surface area contributed by atoms with Crippen LogP contribution in [0.2, 0.25) is 0 Å². The lowest BCUT2D eigenvalue weighted by Gasteiger charge is -2.11. The predicted octanol–water partition coefficient (Wildman–Crippen LogP) is 2.63. The second kappa shape index (κ2) is 6.24. The minimum Gasteiger partial charge on any atom is -0.481 e. The second-order valence-corrected chi connectivity index (χ2v) is 5.80. The fourth-order valence-electron chi connectivity index (χ4n) is 2.96. The maximum absolute atomic E-state index is 12.5. The molecule has 0 saturated heterocycles. The lowest BCUT2D eigenvalue weighted by atomic mass is 10.1. The van der Waals surface area contributed by atoms with Crippen molar-refractivity contribution >= 4 is 11.9 Å². The highest BCUT2D eigenvalue weighted by Gasteiger charge is 2.32. The molecule has 6 nitrogen and oxygen atoms in total. The molecule has 2 aromatic rings. The van der Waals surface area contributed by atoms with Gasteiger partial charge in [0.2, 0.25) is 0 Å². The smallest absolute Gasteiger partial charge is 0.306 e. The van der Waals surface area contributed by atoms with E-state index in [1.54, 1.807) is 6.92 Å². The third-order valence-electron chi connectivity index (χ3n) is 4.10. The van der Waals surface area contributed by atoms with Gasteiger partial charge in [0.15, 0.2) is 17.3 Å². The number of amides is 1. The molecule has 1 aliphatic carbocycles. The number of hydrogen-bond donors (Lipinski definition) is 2. The van der Waals surface area contributed by atoms with E-state index >= 15 is 0 Å². The van der Waals surface area contributed by atoms with Crippen LogP contribution in [-0.4, -0.2) is 28.0 Å². The van der Waals surface area contributed by atoms with Crippen molar-refractivity contribution in [2.45, 2.75) is 32.2 Å². The van der Waals surface area contributed by atoms with Crippen molar-refractivity contribution in [1.29, 1.82) is 0 Å². The number of rotatable bonds is 4. The summed E-state index contributed by atoms with van der Waals surface area (Å²) >= 11 is 0. The summed E-state index contributed by atoms with van der Waals surface area (Å²) in [6, 6.07) is 9.19. The lowest BCUT2D eigenvalue weighted by Crippen LogP contribution is -2.33. The number of aliphatic carboxylic acids is 1. The third kappa shape index (κ3) is 3.26. The number of carbonyl (C=O) groups excluding carboxylic acids is 1. The van der Waals surface area contributed by atoms with Gasteiger partial charge < -0.3 is 14.8 Å². The quantitative estimate of drug-likeness (QED) is 0.905. The number of nitrogens with one attached hydrogen (secondary N) is 1. The van der Waals surface area contributed by atoms with E-state index in [4.69, 9.17) is 9.52 Å². The minimum absolute atomic E-state index is 0.135. The Balaban J connectivity index is 1.77. The molecule has 0 aliphatic heterocycles. The third-order valence-corrected chi connectivity index (χ3v) is 4.10. The highest BCUT2D eigenvalue weighted by molar-refractivity contribution is 5.98. The fourth-order valence-corrected chi connectivity index (χ4v) is 2.96. The monoisotopic (exact) mass is 314 g/mol. The van der Waals surface area contributed by atoms with E-state index in [1.807, 2.05) is 30.3 Å². The number of benzene rings is 1. The van der Waals surface area contributed by atoms with Crippen molar-refractivity contribution in [2.24, 2.45) is 5.92 Å². The molecule has 23 heavy (non-hydrogen) atoms. The van der Waals surface area contributed by atoms with Crippen molar-refractivity contribution in [1.82, 2.24) is 10.3 Å². The van der Waals surface area contributed by atoms with Gasteiger partial charge in [-0.2, -0.15) is 0 Å². The highest BCUT2D eigenvalue weighted by Crippen LogP contribution is 2.28. The van der Waals surface area contributed by atoms with Gasteiger partial charge >= 0.3 is 5.97 Å². The Bertz CT molecular complexity index is 723. The van der Waals surface area contributed by atoms with E-state index in [9.17, 15) is 9.59 Å². The summed E-state index contributed by atoms with van der Waals surface area (Å²) in [6.07, 6.45) is 1.71. The summed E-state index contributed by atoms with van der Waals surface area (Å²) < 4.78 is 5.58. The minimum atomic E-state index is -0.802. The van der Waals surface area contributed by atoms with E-state index in [-0.39, 0.29) is 23.6 Å². The first-order chi connectivity index (χ1) is 11.0. The van der Waals surface area contributed by atoms with Crippen LogP contribution in [0.1, 0.15) is 35.6 Å². The molecule has 120 valence electrons. The largest absolute Gasteiger partial charge is 0.481 e. The van der Waals surface area contributed by atoms with Gasteiger partial charge in [0.1, 0.15) is 0 Å². The van der Waals surface area contributed by atoms with Gasteiger partial charge in [-0.25, -0.2) is 4.98 Å². The van der Waals surface area contributed by atoms with E-state index in [2.05, 4.69) is 10.3 Å². The first kappa shape index (κ1) is 15.3. The number of oxazole rings is 1. The van der Waals surface area contributed by atoms with Gasteiger partial charge in [-0.3, -0.25) is 9.59 Å². The predicted molar refractivity (Wildman–Crippen MR) is 82.9 cm³/mol. The van der Waals surface area contributed by atoms with Crippen LogP contribution in [0.5, 0.6) is 0 Å². The second-order valence-electron chi connectivity index (χ2n) is 5.80. The van der Waals surface area contributed by atoms with Gasteiger partial charge in [-0.05, 0) is 19.3 Å². The number of carboxylic acid groups (broad SMARTS) is 1. The highest BCUT2D eigenvalue weighted by atomic mass is 16.4. The van der Waals surface area contributed by atoms with Crippen LogP contribution in [0.3, 0.4) is 0 Å². The molecule has 1 heterocycles. The molecule has 0 radical (unpaired) electrons. The van der Waals surface area contributed by atoms with Crippen molar-refractivity contribution in [3.05, 3.63) is 41.9 Å². The molecule has 1 aliphatic rings. The molecule has 6 heteroatoms. The fraction of sp³-hybridized carbons (Fsp3) is 0.353. The van der Waals surface area contributed by atoms with Crippen LogP contribution < -0.4 is 5.32 Å². The first-order valence-corrected chi connectivity index (χ1v) is 7.61. The summed E-state index contributed by atoms with van der Waals surface area (Å²) in [7, 11) is 0. The van der Waals surface area contributed by atoms with Crippen molar-refractivity contribution in [3.63, 3.8) is 0 Å². The number of carboxylic acids is 1. The zero-order chi connectivity index (χ0) is 16.4. The van der Waals surface area contributed by atoms with Crippen LogP contribution in [0.25, 0.3) is 11.3 Å². The standard InChI is InChI=1S/C17H18N2O4/c1-10-18-14(15(23-10)11-5-3-2-4-6-11)16(20)19-13-8-7-12(9-13)17(21)22/h2-6,12-13H,7-9H2,1H3,(H,19,20)(H,21,22)/t12-,13+/m1/s1. The molecule has 1 aromatic carbocycles. The molecule has 1 aromatic heterocycles. The zero-order valence-electron chi connectivity index (χ0n) is 12.8. The Morgan fingerprint density at radius 3 is 2.65 bits per heavy atom. The Morgan fingerprint density at radius 2 is 2.00 bits per heavy atom. The Labute approximate surface area is 133 Å². The summed E-state index contributed by atoms with van der Waals surface area (Å²) in [4.78, 5) is 27.7. The summed E-state index contributed by atoms with van der Waals surface area (Å²) in [5.74, 6) is -0.647. The van der Waals surface area contributed by atoms with Crippen molar-refractivity contribution in [2.75, 3.05) is 0 Å². The lowest BCUT2D eigenvalue weighted by molar-refractivity contribution is -0.141. The average Bonchev–Trinajstić information content (AvgIpc) is 3.15. The average molecular weight is 314 g/mol. The summed E-state index contributed by atoms with van der Waals surface area (Å²) in [5, 5.41) is 11.9. The molecule has 0 bridgehead atoms. The molecule has 1 amide bonds. The molecular formula is C17H18N2O4. The van der Waals surface area contributed by atoms with E-state index < -0.39 is 5.97 Å². The van der Waals surface area contributed by atoms with Crippen LogP contribution >= 0.6 is 0 Å². The van der Waals surface area contributed by atoms with Crippen LogP contribution in [0, 0.1) is 12.8 Å². The van der Waals surface area contributed by atoms with Gasteiger partial charge in [-0.1, -0.05) is 30.3 Å². The van der Waals surface area contributed by atoms with E-state index in [0.717, 1.165) is 5.56 Å². The number of aryl methyl sites for hydroxylation is 1. The number of nitrogens with zero attached hydrogens (tertiary/aromatic N) is 1. The summed E-state index contributed by atoms with van der Waals surface area (Å²) in [5.41, 5.74) is 1.03. The zero-order valence-corrected chi connectivity index (χ0v) is 12.8. The molecule has 0 unspecified atom stereocenters. The maximum Gasteiger partial charge on any atom is 0.306 e. The Hall–Kier alpha value is -2.63. The van der Waals surface area contributed by atoms with Crippen molar-refractivity contribution in [3.8, 4) is 11.3 Å². The van der Waals surface area contributed by atoms with Gasteiger partial charge in [-0.15, -0.1) is 0 Å². The number of carbonyl (C=O) groups is 2. The number of hydrogen-bond acceptors (Lipinski definition) is 4. The maximum atomic E-state index is 12.5. The van der Waals surface area contributed by atoms with Gasteiger partial charge in [0, 0.05) is 18.5 Å². The number of aromatic nitrogens is 1. The van der Waals surface area contributed by atoms with Crippen LogP contribution in [-0.2, 0) is 4.79 Å². The molecule has 3 rings (SSSR count). The SMILES string of the molecule is Cc1nc(C(=O)N[C@H]2CC[C@@H](C(=O)O)C2)c(-c2ccccc2)o1. The molecule has 1 saturated carbocycles. The first-order valence-electron chi connectivity index (χ1n) is 7.61. The topological polar surface area (TPSA) is 92.4 Å². The van der Waals surface area contributed by atoms with Crippen LogP contribution in [0.15, 0.2) is 34.7 Å². The Kier molecular flexibility index (Phi) is 4.14.